The van der Waals surface area contributed by atoms with Gasteiger partial charge in [0.05, 0.1) is 12.2 Å². The first-order valence-electron chi connectivity index (χ1n) is 4.15. The lowest BCUT2D eigenvalue weighted by molar-refractivity contribution is 0.616. The lowest BCUT2D eigenvalue weighted by Gasteiger charge is -2.09. The van der Waals surface area contributed by atoms with E-state index in [2.05, 4.69) is 4.98 Å². The highest BCUT2D eigenvalue weighted by Crippen LogP contribution is 2.21. The molecule has 0 saturated heterocycles. The van der Waals surface area contributed by atoms with Crippen LogP contribution in [0.2, 0.25) is 0 Å². The third kappa shape index (κ3) is 1.81. The molecule has 1 atom stereocenters. The molecule has 2 aromatic rings. The average molecular weight is 208 g/mol. The third-order valence-corrected chi connectivity index (χ3v) is 2.69. The molecule has 0 aliphatic carbocycles. The average Bonchev–Trinajstić information content (AvgIpc) is 2.69. The summed E-state index contributed by atoms with van der Waals surface area (Å²) >= 11 is 1.57. The van der Waals surface area contributed by atoms with Crippen molar-refractivity contribution in [2.75, 3.05) is 0 Å². The van der Waals surface area contributed by atoms with Crippen molar-refractivity contribution < 1.29 is 4.39 Å². The van der Waals surface area contributed by atoms with Gasteiger partial charge in [-0.1, -0.05) is 0 Å². The number of rotatable bonds is 2. The van der Waals surface area contributed by atoms with Crippen molar-refractivity contribution >= 4 is 11.3 Å². The molecule has 0 amide bonds. The molecule has 0 aliphatic heterocycles. The van der Waals surface area contributed by atoms with E-state index in [4.69, 9.17) is 5.73 Å². The van der Waals surface area contributed by atoms with Crippen LogP contribution in [0.3, 0.4) is 0 Å². The van der Waals surface area contributed by atoms with E-state index in [1.54, 1.807) is 17.5 Å². The molecule has 2 N–H and O–H groups in total. The van der Waals surface area contributed by atoms with Crippen LogP contribution in [0.5, 0.6) is 0 Å². The number of aromatic nitrogens is 1. The summed E-state index contributed by atoms with van der Waals surface area (Å²) < 4.78 is 12.9. The van der Waals surface area contributed by atoms with Crippen molar-refractivity contribution in [3.05, 3.63) is 52.2 Å². The number of hydrogen-bond acceptors (Lipinski definition) is 3. The van der Waals surface area contributed by atoms with E-state index < -0.39 is 0 Å². The fourth-order valence-corrected chi connectivity index (χ4v) is 1.94. The van der Waals surface area contributed by atoms with E-state index in [-0.39, 0.29) is 11.9 Å². The molecule has 2 nitrogen and oxygen atoms in total. The van der Waals surface area contributed by atoms with E-state index in [1.807, 2.05) is 16.8 Å². The highest BCUT2D eigenvalue weighted by molar-refractivity contribution is 7.07. The molecular formula is C10H9FN2S. The smallest absolute Gasteiger partial charge is 0.141 e. The summed E-state index contributed by atoms with van der Waals surface area (Å²) in [5.41, 5.74) is 7.62. The Balaban J connectivity index is 2.32. The van der Waals surface area contributed by atoms with Gasteiger partial charge >= 0.3 is 0 Å². The van der Waals surface area contributed by atoms with Gasteiger partial charge in [-0.25, -0.2) is 4.39 Å². The Bertz CT molecular complexity index is 414. The number of nitrogens with zero attached hydrogens (tertiary/aromatic N) is 1. The predicted octanol–water partition coefficient (Wildman–Crippen LogP) is 2.33. The summed E-state index contributed by atoms with van der Waals surface area (Å²) in [4.78, 5) is 3.76. The first-order chi connectivity index (χ1) is 6.77. The van der Waals surface area contributed by atoms with Crippen molar-refractivity contribution in [2.24, 2.45) is 5.73 Å². The Morgan fingerprint density at radius 3 is 2.86 bits per heavy atom. The Hall–Kier alpha value is -1.26. The molecule has 0 saturated carbocycles. The fourth-order valence-electron chi connectivity index (χ4n) is 1.24. The van der Waals surface area contributed by atoms with Gasteiger partial charge in [0.25, 0.3) is 0 Å². The normalized spacial score (nSPS) is 12.7. The van der Waals surface area contributed by atoms with E-state index in [1.165, 1.54) is 12.3 Å². The molecule has 4 heteroatoms. The highest BCUT2D eigenvalue weighted by atomic mass is 32.1. The number of hydrogen-bond donors (Lipinski definition) is 1. The quantitative estimate of drug-likeness (QED) is 0.822. The largest absolute Gasteiger partial charge is 0.320 e. The Morgan fingerprint density at radius 2 is 2.21 bits per heavy atom. The minimum atomic E-state index is -0.354. The van der Waals surface area contributed by atoms with Crippen LogP contribution in [-0.2, 0) is 0 Å². The SMILES string of the molecule is NC(c1ccsc1)c1cncc(F)c1. The highest BCUT2D eigenvalue weighted by Gasteiger charge is 2.09. The van der Waals surface area contributed by atoms with Crippen molar-refractivity contribution in [3.8, 4) is 0 Å². The maximum Gasteiger partial charge on any atom is 0.141 e. The second-order valence-corrected chi connectivity index (χ2v) is 3.75. The predicted molar refractivity (Wildman–Crippen MR) is 54.5 cm³/mol. The number of thiophene rings is 1. The topological polar surface area (TPSA) is 38.9 Å². The zero-order chi connectivity index (χ0) is 9.97. The van der Waals surface area contributed by atoms with E-state index in [9.17, 15) is 4.39 Å². The molecule has 72 valence electrons. The summed E-state index contributed by atoms with van der Waals surface area (Å²) in [6, 6.07) is 3.06. The first kappa shape index (κ1) is 9.30. The van der Waals surface area contributed by atoms with Gasteiger partial charge in [-0.15, -0.1) is 0 Å². The van der Waals surface area contributed by atoms with Gasteiger partial charge in [-0.2, -0.15) is 11.3 Å². The third-order valence-electron chi connectivity index (χ3n) is 1.99. The maximum atomic E-state index is 12.9. The molecule has 0 fully saturated rings. The van der Waals surface area contributed by atoms with E-state index in [0.717, 1.165) is 5.56 Å². The number of pyridine rings is 1. The minimum Gasteiger partial charge on any atom is -0.320 e. The van der Waals surface area contributed by atoms with Crippen molar-refractivity contribution in [1.29, 1.82) is 0 Å². The summed E-state index contributed by atoms with van der Waals surface area (Å²) in [5.74, 6) is -0.354. The summed E-state index contributed by atoms with van der Waals surface area (Å²) in [5, 5.41) is 3.90. The zero-order valence-electron chi connectivity index (χ0n) is 7.35. The Labute approximate surface area is 85.2 Å². The van der Waals surface area contributed by atoms with Gasteiger partial charge in [-0.05, 0) is 34.0 Å². The summed E-state index contributed by atoms with van der Waals surface area (Å²) in [6.45, 7) is 0. The standard InChI is InChI=1S/C10H9FN2S/c11-9-3-8(4-13-5-9)10(12)7-1-2-14-6-7/h1-6,10H,12H2. The molecule has 0 bridgehead atoms. The van der Waals surface area contributed by atoms with Gasteiger partial charge in [0.2, 0.25) is 0 Å². The number of nitrogens with two attached hydrogens (primary N) is 1. The Morgan fingerprint density at radius 1 is 1.36 bits per heavy atom. The van der Waals surface area contributed by atoms with Crippen LogP contribution in [0.25, 0.3) is 0 Å². The first-order valence-corrected chi connectivity index (χ1v) is 5.10. The maximum absolute atomic E-state index is 12.9. The summed E-state index contributed by atoms with van der Waals surface area (Å²) in [7, 11) is 0. The zero-order valence-corrected chi connectivity index (χ0v) is 8.17. The number of halogens is 1. The van der Waals surface area contributed by atoms with Gasteiger partial charge < -0.3 is 5.73 Å². The molecule has 0 aliphatic rings. The molecule has 1 unspecified atom stereocenters. The van der Waals surface area contributed by atoms with Gasteiger partial charge in [-0.3, -0.25) is 4.98 Å². The second-order valence-electron chi connectivity index (χ2n) is 2.97. The van der Waals surface area contributed by atoms with Crippen LogP contribution in [0, 0.1) is 5.82 Å². The molecule has 14 heavy (non-hydrogen) atoms. The van der Waals surface area contributed by atoms with Crippen molar-refractivity contribution in [2.45, 2.75) is 6.04 Å². The van der Waals surface area contributed by atoms with Gasteiger partial charge in [0.1, 0.15) is 5.82 Å². The van der Waals surface area contributed by atoms with Gasteiger partial charge in [0, 0.05) is 6.20 Å². The van der Waals surface area contributed by atoms with Crippen molar-refractivity contribution in [1.82, 2.24) is 4.98 Å². The van der Waals surface area contributed by atoms with Crippen LogP contribution in [-0.4, -0.2) is 4.98 Å². The molecule has 0 spiro atoms. The fraction of sp³-hybridized carbons (Fsp3) is 0.100. The molecule has 0 aromatic carbocycles. The second kappa shape index (κ2) is 3.86. The van der Waals surface area contributed by atoms with Crippen LogP contribution < -0.4 is 5.73 Å². The Kier molecular flexibility index (Phi) is 2.56. The molecule has 2 aromatic heterocycles. The molecule has 2 heterocycles. The lowest BCUT2D eigenvalue weighted by atomic mass is 10.0. The van der Waals surface area contributed by atoms with E-state index >= 15 is 0 Å². The molecule has 0 radical (unpaired) electrons. The minimum absolute atomic E-state index is 0.288. The van der Waals surface area contributed by atoms with Crippen LogP contribution in [0.4, 0.5) is 4.39 Å². The van der Waals surface area contributed by atoms with Crippen LogP contribution in [0.15, 0.2) is 35.3 Å². The van der Waals surface area contributed by atoms with E-state index in [0.29, 0.717) is 5.56 Å². The summed E-state index contributed by atoms with van der Waals surface area (Å²) in [6.07, 6.45) is 2.76. The van der Waals surface area contributed by atoms with Crippen LogP contribution in [0.1, 0.15) is 17.2 Å². The molecular weight excluding hydrogens is 199 g/mol. The lowest BCUT2D eigenvalue weighted by Crippen LogP contribution is -2.11. The van der Waals surface area contributed by atoms with Crippen molar-refractivity contribution in [3.63, 3.8) is 0 Å². The monoisotopic (exact) mass is 208 g/mol. The van der Waals surface area contributed by atoms with Gasteiger partial charge in [0.15, 0.2) is 0 Å². The van der Waals surface area contributed by atoms with Crippen LogP contribution >= 0.6 is 11.3 Å². The molecule has 2 rings (SSSR count).